The molecule has 0 atom stereocenters. The molecule has 0 unspecified atom stereocenters. The fraction of sp³-hybridized carbons (Fsp3) is 0.158. The average Bonchev–Trinajstić information content (AvgIpc) is 3.12. The highest BCUT2D eigenvalue weighted by Crippen LogP contribution is 2.28. The van der Waals surface area contributed by atoms with Crippen molar-refractivity contribution in [3.63, 3.8) is 0 Å². The summed E-state index contributed by atoms with van der Waals surface area (Å²) in [7, 11) is 3.30. The number of halogens is 2. The van der Waals surface area contributed by atoms with E-state index in [0.717, 1.165) is 0 Å². The first-order valence-corrected chi connectivity index (χ1v) is 9.13. The highest BCUT2D eigenvalue weighted by molar-refractivity contribution is 6.32. The number of anilines is 5. The zero-order valence-electron chi connectivity index (χ0n) is 16.2. The van der Waals surface area contributed by atoms with Gasteiger partial charge in [-0.3, -0.25) is 9.48 Å². The van der Waals surface area contributed by atoms with Crippen molar-refractivity contribution in [2.24, 2.45) is 7.05 Å². The lowest BCUT2D eigenvalue weighted by atomic mass is 10.2. The van der Waals surface area contributed by atoms with Crippen LogP contribution in [0.15, 0.2) is 48.9 Å². The lowest BCUT2D eigenvalue weighted by Gasteiger charge is -2.12. The molecule has 1 amide bonds. The van der Waals surface area contributed by atoms with Gasteiger partial charge in [0, 0.05) is 32.1 Å². The number of carbonyl (C=O) groups is 1. The van der Waals surface area contributed by atoms with Crippen molar-refractivity contribution in [2.45, 2.75) is 0 Å². The van der Waals surface area contributed by atoms with E-state index in [-0.39, 0.29) is 28.4 Å². The number of aryl methyl sites for hydroxylation is 1. The standard InChI is InChI=1S/C19H19ClFN7O2/c1-28-11-13(9-23-28)25-19-22-10-14(20)18(27-19)26-16-8-12(5-6-15(16)21)24-17(29)4-3-7-30-2/h3-6,8-11H,7H2,1-2H3,(H,24,29)(H2,22,25,26,27)/b4-3+. The minimum absolute atomic E-state index is 0.0848. The molecular weight excluding hydrogens is 413 g/mol. The van der Waals surface area contributed by atoms with Gasteiger partial charge in [0.25, 0.3) is 0 Å². The molecule has 2 aromatic heterocycles. The zero-order chi connectivity index (χ0) is 21.5. The second kappa shape index (κ2) is 9.81. The molecule has 3 rings (SSSR count). The van der Waals surface area contributed by atoms with Crippen LogP contribution in [0.2, 0.25) is 5.02 Å². The second-order valence-corrected chi connectivity index (χ2v) is 6.49. The third-order valence-electron chi connectivity index (χ3n) is 3.72. The molecule has 3 N–H and O–H groups in total. The van der Waals surface area contributed by atoms with Gasteiger partial charge < -0.3 is 20.7 Å². The van der Waals surface area contributed by atoms with Crippen LogP contribution in [0.4, 0.5) is 33.2 Å². The largest absolute Gasteiger partial charge is 0.381 e. The molecule has 9 nitrogen and oxygen atoms in total. The Hall–Kier alpha value is -3.50. The van der Waals surface area contributed by atoms with E-state index in [1.807, 2.05) is 0 Å². The Morgan fingerprint density at radius 3 is 2.87 bits per heavy atom. The molecule has 0 saturated heterocycles. The van der Waals surface area contributed by atoms with E-state index in [4.69, 9.17) is 16.3 Å². The van der Waals surface area contributed by atoms with Crippen LogP contribution in [-0.4, -0.2) is 39.4 Å². The van der Waals surface area contributed by atoms with E-state index in [1.54, 1.807) is 30.2 Å². The SMILES string of the molecule is COC/C=C/C(=O)Nc1ccc(F)c(Nc2nc(Nc3cnn(C)c3)ncc2Cl)c1. The minimum atomic E-state index is -0.542. The monoisotopic (exact) mass is 431 g/mol. The number of rotatable bonds is 8. The lowest BCUT2D eigenvalue weighted by Crippen LogP contribution is -2.09. The average molecular weight is 432 g/mol. The molecule has 2 heterocycles. The van der Waals surface area contributed by atoms with Gasteiger partial charge in [0.1, 0.15) is 10.8 Å². The zero-order valence-corrected chi connectivity index (χ0v) is 16.9. The summed E-state index contributed by atoms with van der Waals surface area (Å²) < 4.78 is 20.8. The topological polar surface area (TPSA) is 106 Å². The van der Waals surface area contributed by atoms with E-state index >= 15 is 0 Å². The molecule has 0 aliphatic carbocycles. The van der Waals surface area contributed by atoms with Crippen LogP contribution in [0.3, 0.4) is 0 Å². The number of amides is 1. The molecule has 0 aliphatic rings. The van der Waals surface area contributed by atoms with Gasteiger partial charge in [-0.15, -0.1) is 0 Å². The molecule has 0 spiro atoms. The van der Waals surface area contributed by atoms with E-state index in [1.165, 1.54) is 37.6 Å². The predicted molar refractivity (Wildman–Crippen MR) is 113 cm³/mol. The summed E-state index contributed by atoms with van der Waals surface area (Å²) in [5.74, 6) is -0.463. The second-order valence-electron chi connectivity index (χ2n) is 6.08. The maximum atomic E-state index is 14.3. The van der Waals surface area contributed by atoms with Gasteiger partial charge in [0.15, 0.2) is 5.82 Å². The van der Waals surface area contributed by atoms with Crippen LogP contribution in [0.1, 0.15) is 0 Å². The van der Waals surface area contributed by atoms with Crippen molar-refractivity contribution < 1.29 is 13.9 Å². The number of carbonyl (C=O) groups excluding carboxylic acids is 1. The van der Waals surface area contributed by atoms with Crippen molar-refractivity contribution in [3.05, 3.63) is 59.8 Å². The number of methoxy groups -OCH3 is 1. The highest BCUT2D eigenvalue weighted by atomic mass is 35.5. The number of hydrogen-bond acceptors (Lipinski definition) is 7. The molecule has 1 aromatic carbocycles. The fourth-order valence-corrected chi connectivity index (χ4v) is 2.53. The van der Waals surface area contributed by atoms with Crippen LogP contribution < -0.4 is 16.0 Å². The van der Waals surface area contributed by atoms with Gasteiger partial charge in [-0.1, -0.05) is 17.7 Å². The molecular formula is C19H19ClFN7O2. The third-order valence-corrected chi connectivity index (χ3v) is 4.00. The Balaban J connectivity index is 1.76. The Bertz CT molecular complexity index is 1070. The minimum Gasteiger partial charge on any atom is -0.381 e. The molecule has 3 aromatic rings. The summed E-state index contributed by atoms with van der Waals surface area (Å²) in [6, 6.07) is 4.10. The van der Waals surface area contributed by atoms with Gasteiger partial charge >= 0.3 is 0 Å². The van der Waals surface area contributed by atoms with Gasteiger partial charge in [-0.05, 0) is 18.2 Å². The number of aromatic nitrogens is 4. The first-order chi connectivity index (χ1) is 14.4. The van der Waals surface area contributed by atoms with Crippen LogP contribution in [-0.2, 0) is 16.6 Å². The van der Waals surface area contributed by atoms with Crippen LogP contribution in [0.25, 0.3) is 0 Å². The first kappa shape index (κ1) is 21.2. The molecule has 11 heteroatoms. The quantitative estimate of drug-likeness (QED) is 0.467. The molecule has 0 bridgehead atoms. The lowest BCUT2D eigenvalue weighted by molar-refractivity contribution is -0.111. The van der Waals surface area contributed by atoms with Gasteiger partial charge in [-0.25, -0.2) is 9.37 Å². The predicted octanol–water partition coefficient (Wildman–Crippen LogP) is 3.63. The van der Waals surface area contributed by atoms with Crippen molar-refractivity contribution in [3.8, 4) is 0 Å². The summed E-state index contributed by atoms with van der Waals surface area (Å²) in [6.45, 7) is 0.311. The molecule has 0 fully saturated rings. The summed E-state index contributed by atoms with van der Waals surface area (Å²) in [6.07, 6.45) is 7.64. The van der Waals surface area contributed by atoms with Crippen LogP contribution in [0, 0.1) is 5.82 Å². The summed E-state index contributed by atoms with van der Waals surface area (Å²) in [5, 5.41) is 12.7. The highest BCUT2D eigenvalue weighted by Gasteiger charge is 2.11. The Morgan fingerprint density at radius 1 is 1.30 bits per heavy atom. The van der Waals surface area contributed by atoms with Crippen molar-refractivity contribution in [1.29, 1.82) is 0 Å². The van der Waals surface area contributed by atoms with Crippen LogP contribution in [0.5, 0.6) is 0 Å². The molecule has 0 aliphatic heterocycles. The van der Waals surface area contributed by atoms with E-state index in [2.05, 4.69) is 31.0 Å². The van der Waals surface area contributed by atoms with Gasteiger partial charge in [0.05, 0.1) is 30.4 Å². The number of ether oxygens (including phenoxy) is 1. The molecule has 30 heavy (non-hydrogen) atoms. The van der Waals surface area contributed by atoms with E-state index in [9.17, 15) is 9.18 Å². The molecule has 156 valence electrons. The van der Waals surface area contributed by atoms with Crippen molar-refractivity contribution in [2.75, 3.05) is 29.7 Å². The van der Waals surface area contributed by atoms with Crippen molar-refractivity contribution in [1.82, 2.24) is 19.7 Å². The van der Waals surface area contributed by atoms with Crippen LogP contribution >= 0.6 is 11.6 Å². The number of benzene rings is 1. The number of hydrogen-bond donors (Lipinski definition) is 3. The maximum absolute atomic E-state index is 14.3. The Kier molecular flexibility index (Phi) is 6.94. The first-order valence-electron chi connectivity index (χ1n) is 8.76. The Labute approximate surface area is 176 Å². The van der Waals surface area contributed by atoms with Gasteiger partial charge in [-0.2, -0.15) is 10.1 Å². The Morgan fingerprint density at radius 2 is 2.13 bits per heavy atom. The smallest absolute Gasteiger partial charge is 0.248 e. The summed E-state index contributed by atoms with van der Waals surface area (Å²) in [4.78, 5) is 20.3. The maximum Gasteiger partial charge on any atom is 0.248 e. The third kappa shape index (κ3) is 5.75. The van der Waals surface area contributed by atoms with E-state index in [0.29, 0.717) is 18.0 Å². The molecule has 0 saturated carbocycles. The summed E-state index contributed by atoms with van der Waals surface area (Å²) >= 11 is 6.16. The van der Waals surface area contributed by atoms with Crippen molar-refractivity contribution >= 4 is 46.3 Å². The number of nitrogens with one attached hydrogen (secondary N) is 3. The van der Waals surface area contributed by atoms with Gasteiger partial charge in [0.2, 0.25) is 11.9 Å². The van der Waals surface area contributed by atoms with E-state index < -0.39 is 5.82 Å². The molecule has 0 radical (unpaired) electrons. The fourth-order valence-electron chi connectivity index (χ4n) is 2.39. The summed E-state index contributed by atoms with van der Waals surface area (Å²) in [5.41, 5.74) is 1.16. The number of nitrogens with zero attached hydrogens (tertiary/aromatic N) is 4. The normalized spacial score (nSPS) is 10.9.